The van der Waals surface area contributed by atoms with E-state index in [-0.39, 0.29) is 23.4 Å². The third-order valence-corrected chi connectivity index (χ3v) is 6.93. The number of thiazole rings is 1. The van der Waals surface area contributed by atoms with E-state index in [4.69, 9.17) is 9.15 Å². The second kappa shape index (κ2) is 10.3. The summed E-state index contributed by atoms with van der Waals surface area (Å²) in [7, 11) is 0. The molecular weight excluding hydrogens is 506 g/mol. The monoisotopic (exact) mass is 527 g/mol. The number of benzene rings is 2. The molecule has 0 aliphatic carbocycles. The molecule has 5 rings (SSSR count). The molecule has 9 nitrogen and oxygen atoms in total. The minimum Gasteiger partial charge on any atom is -0.458 e. The van der Waals surface area contributed by atoms with E-state index in [1.807, 2.05) is 30.3 Å². The molecule has 0 saturated carbocycles. The van der Waals surface area contributed by atoms with Crippen LogP contribution in [0, 0.1) is 10.1 Å². The van der Waals surface area contributed by atoms with Crippen molar-refractivity contribution in [3.8, 4) is 11.3 Å². The predicted octanol–water partition coefficient (Wildman–Crippen LogP) is 4.13. The van der Waals surface area contributed by atoms with E-state index in [1.165, 1.54) is 34.1 Å². The average Bonchev–Trinajstić information content (AvgIpc) is 3.51. The zero-order valence-electron chi connectivity index (χ0n) is 20.2. The van der Waals surface area contributed by atoms with Crippen molar-refractivity contribution >= 4 is 29.1 Å². The van der Waals surface area contributed by atoms with Crippen LogP contribution in [0.4, 0.5) is 5.69 Å². The van der Waals surface area contributed by atoms with Crippen molar-refractivity contribution in [3.05, 3.63) is 132 Å². The van der Waals surface area contributed by atoms with E-state index in [9.17, 15) is 19.7 Å². The lowest BCUT2D eigenvalue weighted by Crippen LogP contribution is -2.39. The normalized spacial score (nSPS) is 15.1. The summed E-state index contributed by atoms with van der Waals surface area (Å²) in [4.78, 5) is 42.1. The van der Waals surface area contributed by atoms with Gasteiger partial charge in [0.2, 0.25) is 0 Å². The van der Waals surface area contributed by atoms with Gasteiger partial charge in [-0.15, -0.1) is 0 Å². The van der Waals surface area contributed by atoms with Gasteiger partial charge in [0.15, 0.2) is 4.80 Å². The zero-order valence-corrected chi connectivity index (χ0v) is 21.0. The lowest BCUT2D eigenvalue weighted by molar-refractivity contribution is -0.384. The van der Waals surface area contributed by atoms with Crippen LogP contribution < -0.4 is 14.9 Å². The first-order valence-corrected chi connectivity index (χ1v) is 12.4. The number of nitrogens with zero attached hydrogens (tertiary/aromatic N) is 3. The summed E-state index contributed by atoms with van der Waals surface area (Å²) in [5.74, 6) is 0.374. The SMILES string of the molecule is C=CCOC(=O)C1=C(C)N=c2sc(=Cc3ccc(-c4ccc([N+](=O)[O-])cc4)o3)c(=O)n2C1c1ccccc1. The molecular formula is C28H21N3O6S. The molecule has 10 heteroatoms. The van der Waals surface area contributed by atoms with Crippen LogP contribution >= 0.6 is 11.3 Å². The highest BCUT2D eigenvalue weighted by Gasteiger charge is 2.33. The molecule has 0 radical (unpaired) electrons. The Morgan fingerprint density at radius 1 is 1.18 bits per heavy atom. The molecule has 190 valence electrons. The summed E-state index contributed by atoms with van der Waals surface area (Å²) in [6.45, 7) is 5.35. The van der Waals surface area contributed by atoms with Crippen LogP contribution in [0.15, 0.2) is 105 Å². The maximum atomic E-state index is 13.7. The van der Waals surface area contributed by atoms with Gasteiger partial charge in [-0.25, -0.2) is 9.79 Å². The molecule has 3 heterocycles. The van der Waals surface area contributed by atoms with Gasteiger partial charge in [-0.1, -0.05) is 54.3 Å². The summed E-state index contributed by atoms with van der Waals surface area (Å²) in [6, 6.07) is 18.0. The third-order valence-electron chi connectivity index (χ3n) is 5.95. The van der Waals surface area contributed by atoms with Gasteiger partial charge < -0.3 is 9.15 Å². The lowest BCUT2D eigenvalue weighted by Gasteiger charge is -2.24. The number of non-ortho nitro benzene ring substituents is 1. The van der Waals surface area contributed by atoms with E-state index in [1.54, 1.807) is 37.3 Å². The molecule has 1 atom stereocenters. The Morgan fingerprint density at radius 2 is 1.92 bits per heavy atom. The average molecular weight is 528 g/mol. The second-order valence-corrected chi connectivity index (χ2v) is 9.39. The lowest BCUT2D eigenvalue weighted by atomic mass is 9.96. The van der Waals surface area contributed by atoms with Crippen LogP contribution in [0.1, 0.15) is 24.3 Å². The van der Waals surface area contributed by atoms with Crippen LogP contribution in [-0.4, -0.2) is 22.1 Å². The molecule has 1 unspecified atom stereocenters. The van der Waals surface area contributed by atoms with Crippen molar-refractivity contribution < 1.29 is 18.9 Å². The number of nitro groups is 1. The summed E-state index contributed by atoms with van der Waals surface area (Å²) < 4.78 is 13.1. The molecule has 0 spiro atoms. The summed E-state index contributed by atoms with van der Waals surface area (Å²) in [5, 5.41) is 10.9. The molecule has 0 amide bonds. The Morgan fingerprint density at radius 3 is 2.61 bits per heavy atom. The maximum Gasteiger partial charge on any atom is 0.338 e. The molecule has 0 bridgehead atoms. The molecule has 1 aliphatic rings. The smallest absolute Gasteiger partial charge is 0.338 e. The van der Waals surface area contributed by atoms with E-state index in [2.05, 4.69) is 11.6 Å². The van der Waals surface area contributed by atoms with Gasteiger partial charge in [0.05, 0.1) is 26.8 Å². The highest BCUT2D eigenvalue weighted by atomic mass is 32.1. The second-order valence-electron chi connectivity index (χ2n) is 8.39. The third kappa shape index (κ3) is 4.64. The van der Waals surface area contributed by atoms with Gasteiger partial charge in [-0.2, -0.15) is 0 Å². The van der Waals surface area contributed by atoms with Crippen LogP contribution in [0.25, 0.3) is 17.4 Å². The van der Waals surface area contributed by atoms with Gasteiger partial charge in [0.1, 0.15) is 18.1 Å². The topological polar surface area (TPSA) is 117 Å². The van der Waals surface area contributed by atoms with E-state index in [0.29, 0.717) is 32.1 Å². The maximum absolute atomic E-state index is 13.7. The molecule has 0 fully saturated rings. The Balaban J connectivity index is 1.58. The van der Waals surface area contributed by atoms with Gasteiger partial charge >= 0.3 is 5.97 Å². The number of hydrogen-bond donors (Lipinski definition) is 0. The van der Waals surface area contributed by atoms with Crippen molar-refractivity contribution in [2.45, 2.75) is 13.0 Å². The first-order chi connectivity index (χ1) is 18.4. The Labute approximate surface area is 220 Å². The Kier molecular flexibility index (Phi) is 6.71. The van der Waals surface area contributed by atoms with Gasteiger partial charge in [0, 0.05) is 23.8 Å². The number of ether oxygens (including phenoxy) is 1. The first-order valence-electron chi connectivity index (χ1n) is 11.6. The summed E-state index contributed by atoms with van der Waals surface area (Å²) in [5.41, 5.74) is 1.84. The number of rotatable bonds is 7. The van der Waals surface area contributed by atoms with Crippen molar-refractivity contribution in [2.75, 3.05) is 6.61 Å². The van der Waals surface area contributed by atoms with Crippen molar-refractivity contribution in [3.63, 3.8) is 0 Å². The highest BCUT2D eigenvalue weighted by molar-refractivity contribution is 7.07. The molecule has 2 aromatic carbocycles. The van der Waals surface area contributed by atoms with Gasteiger partial charge in [0.25, 0.3) is 11.2 Å². The first kappa shape index (κ1) is 24.8. The minimum atomic E-state index is -0.709. The van der Waals surface area contributed by atoms with Crippen molar-refractivity contribution in [1.29, 1.82) is 0 Å². The van der Waals surface area contributed by atoms with Gasteiger partial charge in [-0.05, 0) is 36.8 Å². The zero-order chi connectivity index (χ0) is 26.8. The van der Waals surface area contributed by atoms with Crippen LogP contribution in [0.2, 0.25) is 0 Å². The molecule has 2 aromatic heterocycles. The molecule has 38 heavy (non-hydrogen) atoms. The molecule has 1 aliphatic heterocycles. The largest absolute Gasteiger partial charge is 0.458 e. The fourth-order valence-electron chi connectivity index (χ4n) is 4.21. The number of nitro benzene ring substituents is 1. The Hall–Kier alpha value is -4.83. The van der Waals surface area contributed by atoms with Crippen LogP contribution in [0.3, 0.4) is 0 Å². The van der Waals surface area contributed by atoms with Gasteiger partial charge in [-0.3, -0.25) is 19.5 Å². The minimum absolute atomic E-state index is 0.0161. The summed E-state index contributed by atoms with van der Waals surface area (Å²) in [6.07, 6.45) is 3.10. The number of carbonyl (C=O) groups excluding carboxylic acids is 1. The van der Waals surface area contributed by atoms with E-state index in [0.717, 1.165) is 5.56 Å². The summed E-state index contributed by atoms with van der Waals surface area (Å²) >= 11 is 1.19. The van der Waals surface area contributed by atoms with E-state index < -0.39 is 16.9 Å². The number of allylic oxidation sites excluding steroid dienone is 1. The molecule has 0 saturated heterocycles. The van der Waals surface area contributed by atoms with Crippen molar-refractivity contribution in [1.82, 2.24) is 4.57 Å². The van der Waals surface area contributed by atoms with Crippen molar-refractivity contribution in [2.24, 2.45) is 4.99 Å². The number of carbonyl (C=O) groups is 1. The van der Waals surface area contributed by atoms with E-state index >= 15 is 0 Å². The highest BCUT2D eigenvalue weighted by Crippen LogP contribution is 2.30. The quantitative estimate of drug-likeness (QED) is 0.154. The number of esters is 1. The predicted molar refractivity (Wildman–Crippen MR) is 142 cm³/mol. The number of furan rings is 1. The Bertz CT molecular complexity index is 1760. The number of fused-ring (bicyclic) bond motifs is 1. The van der Waals surface area contributed by atoms with Crippen LogP contribution in [0.5, 0.6) is 0 Å². The standard InChI is InChI=1S/C28H21N3O6S/c1-3-15-36-27(33)24-17(2)29-28-30(25(24)19-7-5-4-6-8-19)26(32)23(38-28)16-21-13-14-22(37-21)18-9-11-20(12-10-18)31(34)35/h3-14,16,25H,1,15H2,2H3. The fourth-order valence-corrected chi connectivity index (χ4v) is 5.23. The number of aromatic nitrogens is 1. The van der Waals surface area contributed by atoms with Crippen LogP contribution in [-0.2, 0) is 9.53 Å². The number of hydrogen-bond acceptors (Lipinski definition) is 8. The fraction of sp³-hybridized carbons (Fsp3) is 0.107. The molecule has 0 N–H and O–H groups in total. The molecule has 4 aromatic rings.